The van der Waals surface area contributed by atoms with E-state index in [4.69, 9.17) is 15.0 Å². The number of halogens is 1. The number of anilines is 1. The molecule has 0 bridgehead atoms. The van der Waals surface area contributed by atoms with E-state index in [1.165, 1.54) is 0 Å². The fraction of sp³-hybridized carbons (Fsp3) is 0.273. The minimum atomic E-state index is 0.351. The van der Waals surface area contributed by atoms with Crippen molar-refractivity contribution in [3.05, 3.63) is 28.5 Å². The molecule has 2 N–H and O–H groups in total. The highest BCUT2D eigenvalue weighted by atomic mass is 79.9. The fourth-order valence-electron chi connectivity index (χ4n) is 1.36. The van der Waals surface area contributed by atoms with Crippen molar-refractivity contribution >= 4 is 21.6 Å². The van der Waals surface area contributed by atoms with Gasteiger partial charge in [0.05, 0.1) is 0 Å². The van der Waals surface area contributed by atoms with E-state index in [2.05, 4.69) is 26.1 Å². The van der Waals surface area contributed by atoms with Crippen molar-refractivity contribution in [3.8, 4) is 11.5 Å². The molecule has 0 saturated carbocycles. The molecule has 6 heteroatoms. The summed E-state index contributed by atoms with van der Waals surface area (Å²) < 4.78 is 11.2. The highest BCUT2D eigenvalue weighted by molar-refractivity contribution is 9.10. The summed E-state index contributed by atoms with van der Waals surface area (Å²) in [5.74, 6) is 0.966. The quantitative estimate of drug-likeness (QED) is 0.878. The highest BCUT2D eigenvalue weighted by Crippen LogP contribution is 2.25. The number of benzene rings is 1. The van der Waals surface area contributed by atoms with Crippen LogP contribution in [0.15, 0.2) is 27.2 Å². The maximum absolute atomic E-state index is 5.74. The maximum Gasteiger partial charge on any atom is 0.258 e. The Kier molecular flexibility index (Phi) is 3.75. The van der Waals surface area contributed by atoms with Crippen molar-refractivity contribution in [1.82, 2.24) is 10.1 Å². The van der Waals surface area contributed by atoms with Gasteiger partial charge in [-0.1, -0.05) is 21.1 Å². The van der Waals surface area contributed by atoms with Crippen LogP contribution in [0.1, 0.15) is 12.7 Å². The third-order valence-corrected chi connectivity index (χ3v) is 2.53. The second-order valence-corrected chi connectivity index (χ2v) is 4.34. The molecule has 0 fully saturated rings. The van der Waals surface area contributed by atoms with Crippen LogP contribution < -0.4 is 5.73 Å². The van der Waals surface area contributed by atoms with E-state index in [9.17, 15) is 0 Å². The van der Waals surface area contributed by atoms with Crippen LogP contribution in [0.5, 0.6) is 0 Å². The fourth-order valence-corrected chi connectivity index (χ4v) is 1.87. The Bertz CT molecular complexity index is 493. The van der Waals surface area contributed by atoms with Crippen molar-refractivity contribution in [1.29, 1.82) is 0 Å². The maximum atomic E-state index is 5.74. The number of rotatable bonds is 4. The smallest absolute Gasteiger partial charge is 0.258 e. The lowest BCUT2D eigenvalue weighted by atomic mass is 10.2. The van der Waals surface area contributed by atoms with Crippen LogP contribution >= 0.6 is 15.9 Å². The monoisotopic (exact) mass is 297 g/mol. The van der Waals surface area contributed by atoms with Gasteiger partial charge < -0.3 is 15.0 Å². The summed E-state index contributed by atoms with van der Waals surface area (Å²) in [6.07, 6.45) is 0. The van der Waals surface area contributed by atoms with Crippen LogP contribution in [-0.2, 0) is 11.3 Å². The first-order valence-corrected chi connectivity index (χ1v) is 5.95. The van der Waals surface area contributed by atoms with E-state index in [1.54, 1.807) is 12.1 Å². The minimum Gasteiger partial charge on any atom is -0.399 e. The molecule has 2 rings (SSSR count). The molecule has 1 aromatic heterocycles. The van der Waals surface area contributed by atoms with Gasteiger partial charge in [0, 0.05) is 22.3 Å². The predicted octanol–water partition coefficient (Wildman–Crippen LogP) is 2.62. The van der Waals surface area contributed by atoms with Gasteiger partial charge in [0.1, 0.15) is 6.61 Å². The predicted molar refractivity (Wildman–Crippen MR) is 67.2 cm³/mol. The summed E-state index contributed by atoms with van der Waals surface area (Å²) in [4.78, 5) is 4.22. The lowest BCUT2D eigenvalue weighted by Crippen LogP contribution is -1.93. The third kappa shape index (κ3) is 3.04. The first-order valence-electron chi connectivity index (χ1n) is 5.16. The lowest BCUT2D eigenvalue weighted by molar-refractivity contribution is 0.126. The molecule has 1 heterocycles. The van der Waals surface area contributed by atoms with Gasteiger partial charge in [0.15, 0.2) is 5.82 Å². The van der Waals surface area contributed by atoms with E-state index in [0.717, 1.165) is 10.0 Å². The van der Waals surface area contributed by atoms with Gasteiger partial charge in [-0.2, -0.15) is 4.98 Å². The van der Waals surface area contributed by atoms with Gasteiger partial charge >= 0.3 is 0 Å². The second-order valence-electron chi connectivity index (χ2n) is 3.43. The van der Waals surface area contributed by atoms with Crippen molar-refractivity contribution < 1.29 is 9.26 Å². The van der Waals surface area contributed by atoms with Crippen LogP contribution in [0, 0.1) is 0 Å². The summed E-state index contributed by atoms with van der Waals surface area (Å²) in [5.41, 5.74) is 7.16. The standard InChI is InChI=1S/C11H12BrN3O2/c1-2-16-6-10-14-11(17-15-10)7-3-8(12)5-9(13)4-7/h3-5H,2,6,13H2,1H3. The number of nitrogens with zero attached hydrogens (tertiary/aromatic N) is 2. The van der Waals surface area contributed by atoms with Crippen LogP contribution in [-0.4, -0.2) is 16.7 Å². The number of hydrogen-bond donors (Lipinski definition) is 1. The van der Waals surface area contributed by atoms with Gasteiger partial charge in [-0.15, -0.1) is 0 Å². The Morgan fingerprint density at radius 3 is 2.94 bits per heavy atom. The third-order valence-electron chi connectivity index (χ3n) is 2.07. The first kappa shape index (κ1) is 12.1. The van der Waals surface area contributed by atoms with Crippen LogP contribution in [0.4, 0.5) is 5.69 Å². The number of ether oxygens (including phenoxy) is 1. The van der Waals surface area contributed by atoms with Gasteiger partial charge in [0.2, 0.25) is 0 Å². The van der Waals surface area contributed by atoms with E-state index in [0.29, 0.717) is 30.6 Å². The largest absolute Gasteiger partial charge is 0.399 e. The Morgan fingerprint density at radius 1 is 1.41 bits per heavy atom. The molecule has 0 saturated heterocycles. The summed E-state index contributed by atoms with van der Waals surface area (Å²) >= 11 is 3.36. The highest BCUT2D eigenvalue weighted by Gasteiger charge is 2.09. The molecular weight excluding hydrogens is 286 g/mol. The van der Waals surface area contributed by atoms with Crippen LogP contribution in [0.25, 0.3) is 11.5 Å². The lowest BCUT2D eigenvalue weighted by Gasteiger charge is -1.98. The molecule has 0 atom stereocenters. The summed E-state index contributed by atoms with van der Waals surface area (Å²) in [7, 11) is 0. The zero-order chi connectivity index (χ0) is 12.3. The molecule has 0 aliphatic rings. The molecular formula is C11H12BrN3O2. The Morgan fingerprint density at radius 2 is 2.24 bits per heavy atom. The van der Waals surface area contributed by atoms with Gasteiger partial charge in [0.25, 0.3) is 5.89 Å². The van der Waals surface area contributed by atoms with Crippen LogP contribution in [0.3, 0.4) is 0 Å². The van der Waals surface area contributed by atoms with Crippen molar-refractivity contribution in [2.45, 2.75) is 13.5 Å². The molecule has 90 valence electrons. The van der Waals surface area contributed by atoms with Crippen molar-refractivity contribution in [2.75, 3.05) is 12.3 Å². The second kappa shape index (κ2) is 5.29. The van der Waals surface area contributed by atoms with Crippen molar-refractivity contribution in [3.63, 3.8) is 0 Å². The van der Waals surface area contributed by atoms with Gasteiger partial charge in [-0.05, 0) is 25.1 Å². The molecule has 0 amide bonds. The molecule has 2 aromatic rings. The van der Waals surface area contributed by atoms with E-state index >= 15 is 0 Å². The van der Waals surface area contributed by atoms with Gasteiger partial charge in [-0.25, -0.2) is 0 Å². The average Bonchev–Trinajstić information content (AvgIpc) is 2.73. The minimum absolute atomic E-state index is 0.351. The average molecular weight is 298 g/mol. The molecule has 17 heavy (non-hydrogen) atoms. The molecule has 1 aromatic carbocycles. The number of nitrogen functional groups attached to an aromatic ring is 1. The molecule has 0 unspecified atom stereocenters. The topological polar surface area (TPSA) is 74.2 Å². The van der Waals surface area contributed by atoms with Gasteiger partial charge in [-0.3, -0.25) is 0 Å². The summed E-state index contributed by atoms with van der Waals surface area (Å²) in [6.45, 7) is 2.88. The van der Waals surface area contributed by atoms with E-state index < -0.39 is 0 Å². The normalized spacial score (nSPS) is 10.7. The van der Waals surface area contributed by atoms with Crippen molar-refractivity contribution in [2.24, 2.45) is 0 Å². The number of aromatic nitrogens is 2. The molecule has 0 spiro atoms. The molecule has 5 nitrogen and oxygen atoms in total. The van der Waals surface area contributed by atoms with E-state index in [1.807, 2.05) is 13.0 Å². The molecule has 0 aliphatic heterocycles. The summed E-state index contributed by atoms with van der Waals surface area (Å²) in [5, 5.41) is 3.82. The number of nitrogens with two attached hydrogens (primary N) is 1. The van der Waals surface area contributed by atoms with Crippen LogP contribution in [0.2, 0.25) is 0 Å². The number of hydrogen-bond acceptors (Lipinski definition) is 5. The zero-order valence-corrected chi connectivity index (χ0v) is 10.9. The SMILES string of the molecule is CCOCc1noc(-c2cc(N)cc(Br)c2)n1. The zero-order valence-electron chi connectivity index (χ0n) is 9.31. The molecule has 0 radical (unpaired) electrons. The first-order chi connectivity index (χ1) is 8.19. The van der Waals surface area contributed by atoms with E-state index in [-0.39, 0.29) is 0 Å². The Hall–Kier alpha value is -1.40. The summed E-state index contributed by atoms with van der Waals surface area (Å²) in [6, 6.07) is 5.46. The molecule has 0 aliphatic carbocycles. The Labute approximate surface area is 107 Å². The Balaban J connectivity index is 2.24.